The maximum Gasteiger partial charge on any atom is 0.469 e. The van der Waals surface area contributed by atoms with Gasteiger partial charge in [0, 0.05) is 18.8 Å². The minimum Gasteiger partial charge on any atom is -0.387 e. The molecule has 2 aromatic heterocycles. The Morgan fingerprint density at radius 1 is 1.48 bits per heavy atom. The Labute approximate surface area is 164 Å². The van der Waals surface area contributed by atoms with E-state index in [0.29, 0.717) is 22.4 Å². The topological polar surface area (TPSA) is 189 Å². The third-order valence-electron chi connectivity index (χ3n) is 5.37. The van der Waals surface area contributed by atoms with Crippen molar-refractivity contribution >= 4 is 30.5 Å². The number of nitrogens with two attached hydrogens (primary N) is 1. The number of anilines is 1. The first-order valence-electron chi connectivity index (χ1n) is 8.69. The Morgan fingerprint density at radius 2 is 2.21 bits per heavy atom. The van der Waals surface area contributed by atoms with E-state index in [-0.39, 0.29) is 12.4 Å². The predicted molar refractivity (Wildman–Crippen MR) is 100 cm³/mol. The Hall–Kier alpha value is -2.12. The third kappa shape index (κ3) is 3.20. The summed E-state index contributed by atoms with van der Waals surface area (Å²) in [5, 5.41) is 28.2. The molecule has 0 bridgehead atoms. The molecule has 4 rings (SSSR count). The summed E-state index contributed by atoms with van der Waals surface area (Å²) in [5.74, 6) is 0.808. The van der Waals surface area contributed by atoms with Crippen LogP contribution < -0.4 is 10.7 Å². The van der Waals surface area contributed by atoms with Crippen molar-refractivity contribution in [3.8, 4) is 0 Å². The number of phosphoric ester groups is 1. The van der Waals surface area contributed by atoms with Crippen molar-refractivity contribution in [1.29, 1.82) is 0 Å². The van der Waals surface area contributed by atoms with Gasteiger partial charge >= 0.3 is 7.82 Å². The van der Waals surface area contributed by atoms with Gasteiger partial charge in [-0.3, -0.25) is 4.52 Å². The van der Waals surface area contributed by atoms with Crippen LogP contribution in [-0.4, -0.2) is 78.4 Å². The average Bonchev–Trinajstić information content (AvgIpc) is 3.17. The number of phosphoric acid groups is 1. The summed E-state index contributed by atoms with van der Waals surface area (Å²) >= 11 is 0. The lowest BCUT2D eigenvalue weighted by molar-refractivity contribution is -0.0823. The maximum atomic E-state index is 11.2. The first kappa shape index (κ1) is 20.2. The van der Waals surface area contributed by atoms with Crippen LogP contribution in [0.1, 0.15) is 18.5 Å². The lowest BCUT2D eigenvalue weighted by Gasteiger charge is -2.33. The molecular weight excluding hydrogens is 407 g/mol. The van der Waals surface area contributed by atoms with Crippen LogP contribution in [0, 0.1) is 0 Å². The van der Waals surface area contributed by atoms with Gasteiger partial charge in [-0.2, -0.15) is 5.10 Å². The first-order valence-corrected chi connectivity index (χ1v) is 10.2. The van der Waals surface area contributed by atoms with Gasteiger partial charge in [0.2, 0.25) is 0 Å². The average molecular weight is 428 g/mol. The maximum absolute atomic E-state index is 11.2. The number of ether oxygens (including phenoxy) is 1. The Bertz CT molecular complexity index is 1040. The summed E-state index contributed by atoms with van der Waals surface area (Å²) < 4.78 is 22.3. The van der Waals surface area contributed by atoms with Crippen LogP contribution in [0.5, 0.6) is 0 Å². The summed E-state index contributed by atoms with van der Waals surface area (Å²) in [6.07, 6.45) is 0.448. The molecule has 0 amide bonds. The van der Waals surface area contributed by atoms with E-state index >= 15 is 0 Å². The fraction of sp³-hybridized carbons (Fsp3) is 0.533. The van der Waals surface area contributed by atoms with Gasteiger partial charge in [-0.25, -0.2) is 19.5 Å². The number of aliphatic hydroxyl groups is 2. The largest absolute Gasteiger partial charge is 0.469 e. The molecule has 4 atom stereocenters. The second-order valence-corrected chi connectivity index (χ2v) is 8.34. The van der Waals surface area contributed by atoms with E-state index in [0.717, 1.165) is 0 Å². The highest BCUT2D eigenvalue weighted by Gasteiger charge is 2.53. The fourth-order valence-electron chi connectivity index (χ4n) is 3.72. The number of rotatable bonds is 5. The van der Waals surface area contributed by atoms with Crippen LogP contribution in [0.25, 0.3) is 11.0 Å². The number of aromatic nitrogens is 3. The Balaban J connectivity index is 1.69. The van der Waals surface area contributed by atoms with Gasteiger partial charge in [0.25, 0.3) is 0 Å². The van der Waals surface area contributed by atoms with Crippen LogP contribution in [0.15, 0.2) is 17.6 Å². The molecule has 0 aliphatic carbocycles. The molecule has 4 heterocycles. The van der Waals surface area contributed by atoms with Crippen molar-refractivity contribution in [2.24, 2.45) is 10.8 Å². The number of amidine groups is 1. The second kappa shape index (κ2) is 6.71. The monoisotopic (exact) mass is 428 g/mol. The number of hydrogen-bond acceptors (Lipinski definition) is 10. The Kier molecular flexibility index (Phi) is 4.66. The predicted octanol–water partition coefficient (Wildman–Crippen LogP) is -1.34. The van der Waals surface area contributed by atoms with E-state index < -0.39 is 38.3 Å². The summed E-state index contributed by atoms with van der Waals surface area (Å²) in [7, 11) is -3.04. The van der Waals surface area contributed by atoms with Gasteiger partial charge in [-0.05, 0) is 6.92 Å². The molecule has 0 aromatic carbocycles. The summed E-state index contributed by atoms with van der Waals surface area (Å²) in [6.45, 7) is 0.814. The lowest BCUT2D eigenvalue weighted by atomic mass is 9.89. The minimum atomic E-state index is -4.74. The molecule has 4 unspecified atom stereocenters. The number of hydrazone groups is 1. The number of hydrogen-bond donors (Lipinski definition) is 5. The highest BCUT2D eigenvalue weighted by atomic mass is 31.2. The van der Waals surface area contributed by atoms with Gasteiger partial charge in [0.15, 0.2) is 11.7 Å². The highest BCUT2D eigenvalue weighted by molar-refractivity contribution is 7.46. The van der Waals surface area contributed by atoms with Crippen molar-refractivity contribution in [1.82, 2.24) is 14.5 Å². The van der Waals surface area contributed by atoms with Crippen molar-refractivity contribution < 1.29 is 33.8 Å². The molecular formula is C15H21N6O7P. The molecule has 6 N–H and O–H groups in total. The molecule has 29 heavy (non-hydrogen) atoms. The molecule has 0 radical (unpaired) electrons. The zero-order valence-corrected chi connectivity index (χ0v) is 16.5. The van der Waals surface area contributed by atoms with Crippen LogP contribution in [-0.2, 0) is 13.8 Å². The first-order chi connectivity index (χ1) is 13.5. The molecule has 2 aliphatic heterocycles. The molecule has 0 saturated carbocycles. The molecule has 13 nitrogen and oxygen atoms in total. The van der Waals surface area contributed by atoms with E-state index in [4.69, 9.17) is 20.3 Å². The van der Waals surface area contributed by atoms with E-state index in [9.17, 15) is 14.8 Å². The van der Waals surface area contributed by atoms with Gasteiger partial charge in [-0.15, -0.1) is 0 Å². The van der Waals surface area contributed by atoms with Crippen molar-refractivity contribution in [2.75, 3.05) is 25.3 Å². The number of nitrogens with zero attached hydrogens (tertiary/aromatic N) is 5. The van der Waals surface area contributed by atoms with Gasteiger partial charge < -0.3 is 35.0 Å². The summed E-state index contributed by atoms with van der Waals surface area (Å²) in [4.78, 5) is 26.2. The molecule has 0 spiro atoms. The zero-order chi connectivity index (χ0) is 21.1. The van der Waals surface area contributed by atoms with Crippen molar-refractivity contribution in [3.05, 3.63) is 18.1 Å². The fourth-order valence-corrected chi connectivity index (χ4v) is 4.06. The van der Waals surface area contributed by atoms with Crippen molar-refractivity contribution in [3.63, 3.8) is 0 Å². The van der Waals surface area contributed by atoms with Crippen LogP contribution in [0.3, 0.4) is 0 Å². The molecule has 2 aliphatic rings. The van der Waals surface area contributed by atoms with Crippen LogP contribution in [0.4, 0.5) is 5.82 Å². The Morgan fingerprint density at radius 3 is 2.90 bits per heavy atom. The smallest absolute Gasteiger partial charge is 0.387 e. The van der Waals surface area contributed by atoms with Crippen LogP contribution >= 0.6 is 7.82 Å². The molecule has 2 aromatic rings. The minimum absolute atomic E-state index is 0.258. The third-order valence-corrected chi connectivity index (χ3v) is 5.86. The normalized spacial score (nSPS) is 28.1. The standard InChI is InChI=1S/C15H21N6O7P/c1-7(15(23)5-27-9(11(15)22)4-28-29(24,25)26)21-3-8-10-13(17-6-18-14(10)21)20(2)19-12(8)16/h3,6-7,9,11,22-23H,4-5H2,1-2H3,(H2,16,19)(H2,24,25,26). The van der Waals surface area contributed by atoms with Crippen LogP contribution in [0.2, 0.25) is 0 Å². The highest BCUT2D eigenvalue weighted by Crippen LogP contribution is 2.41. The SMILES string of the molecule is CC(n1cc2c3c(ncnc31)N(C)N=C2N)C1(O)COC(COP(=O)(O)O)C1O. The van der Waals surface area contributed by atoms with Gasteiger partial charge in [0.05, 0.1) is 24.6 Å². The summed E-state index contributed by atoms with van der Waals surface area (Å²) in [6, 6.07) is -0.743. The molecule has 14 heteroatoms. The number of aliphatic hydroxyl groups excluding tert-OH is 1. The van der Waals surface area contributed by atoms with E-state index in [1.807, 2.05) is 0 Å². The zero-order valence-electron chi connectivity index (χ0n) is 15.6. The second-order valence-electron chi connectivity index (χ2n) is 7.10. The molecule has 1 fully saturated rings. The molecule has 158 valence electrons. The van der Waals surface area contributed by atoms with E-state index in [2.05, 4.69) is 19.6 Å². The van der Waals surface area contributed by atoms with Gasteiger partial charge in [-0.1, -0.05) is 0 Å². The van der Waals surface area contributed by atoms with Crippen molar-refractivity contribution in [2.45, 2.75) is 30.8 Å². The van der Waals surface area contributed by atoms with E-state index in [1.165, 1.54) is 11.3 Å². The van der Waals surface area contributed by atoms with Gasteiger partial charge in [0.1, 0.15) is 29.8 Å². The molecule has 1 saturated heterocycles. The van der Waals surface area contributed by atoms with E-state index in [1.54, 1.807) is 24.7 Å². The summed E-state index contributed by atoms with van der Waals surface area (Å²) in [5.41, 5.74) is 5.34. The lowest BCUT2D eigenvalue weighted by Crippen LogP contribution is -2.50. The quantitative estimate of drug-likeness (QED) is 0.355.